The summed E-state index contributed by atoms with van der Waals surface area (Å²) in [5.41, 5.74) is 0.257. The summed E-state index contributed by atoms with van der Waals surface area (Å²) in [6.45, 7) is 15.1. The minimum absolute atomic E-state index is 0.0387. The lowest BCUT2D eigenvalue weighted by Crippen LogP contribution is -2.42. The molecule has 0 aliphatic rings. The SMILES string of the molecule is CCCCCCCCCCCCCCOCC(CNC(=O)CC[C@H](NC(=O)CCOCCOCCOCCOCCOCCOCCOCCOCCOCCOCCOCCOCCNC(=O)CC[C@H](NC(=O)c1ccc(N(C=O)Cc2cnc3nc(N=CN(C)C)[nH]c(=O)c3n2)cc1)C(=O)O)C(=O)O)OCCCCCCCCCCCCCC. The van der Waals surface area contributed by atoms with E-state index < -0.39 is 47.3 Å². The third-order valence-electron chi connectivity index (χ3n) is 18.8. The van der Waals surface area contributed by atoms with Crippen LogP contribution in [-0.4, -0.2) is 307 Å². The summed E-state index contributed by atoms with van der Waals surface area (Å²) in [5, 5.41) is 30.1. The zero-order valence-electron chi connectivity index (χ0n) is 73.1. The molecule has 2 aromatic heterocycles. The number of H-pyrrole nitrogens is 1. The van der Waals surface area contributed by atoms with Gasteiger partial charge in [-0.25, -0.2) is 24.5 Å². The molecule has 35 nitrogen and oxygen atoms in total. The standard InChI is InChI=1S/C86H147N11O24/c1-5-7-9-11-13-15-17-19-21-23-25-27-39-120-68-74(121-40-28-26-24-22-20-18-16-14-12-10-8-6-2)66-88-78(100)36-33-75(84(104)105)92-79(101)37-41-108-43-45-110-47-49-112-51-53-114-55-57-116-59-61-118-63-64-119-62-60-117-58-56-115-54-52-113-50-48-111-46-44-109-42-38-87-77(99)35-34-76(85(106)107)93-82(102)71-29-31-73(32-30-71)97(70-98)67-72-65-89-81-80(91-72)83(103)95-86(94-81)90-69-96(3)4/h29-32,65,69-70,74-76H,5-28,33-64,66-68H2,1-4H3,(H,87,99)(H,88,100)(H,92,101)(H,93,102)(H,104,105)(H,106,107)(H,89,94,95,103)/t74?,75-,76-/m0/s1. The Morgan fingerprint density at radius 2 is 0.860 bits per heavy atom. The number of rotatable bonds is 87. The van der Waals surface area contributed by atoms with Crippen LogP contribution in [0.4, 0.5) is 11.6 Å². The van der Waals surface area contributed by atoms with Crippen LogP contribution < -0.4 is 31.7 Å². The number of carboxylic acid groups (broad SMARTS) is 2. The summed E-state index contributed by atoms with van der Waals surface area (Å²) in [4.78, 5) is 122. The number of carbonyl (C=O) groups excluding carboxylic acids is 5. The topological polar surface area (TPSA) is 428 Å². The number of ether oxygens (including phenoxy) is 14. The number of aromatic nitrogens is 4. The molecular weight excluding hydrogens is 1570 g/mol. The third kappa shape index (κ3) is 60.8. The molecule has 0 saturated carbocycles. The molecule has 35 heteroatoms. The average molecular weight is 1720 g/mol. The number of unbranched alkanes of at least 4 members (excludes halogenated alkanes) is 22. The molecular formula is C86H147N11O24. The first kappa shape index (κ1) is 108. The van der Waals surface area contributed by atoms with Crippen molar-refractivity contribution in [2.45, 2.75) is 225 Å². The predicted molar refractivity (Wildman–Crippen MR) is 459 cm³/mol. The Kier molecular flexibility index (Phi) is 68.0. The third-order valence-corrected chi connectivity index (χ3v) is 18.8. The molecule has 121 heavy (non-hydrogen) atoms. The van der Waals surface area contributed by atoms with Crippen LogP contribution in [0.3, 0.4) is 0 Å². The van der Waals surface area contributed by atoms with Gasteiger partial charge in [0.15, 0.2) is 11.2 Å². The molecule has 0 aliphatic heterocycles. The minimum Gasteiger partial charge on any atom is -0.480 e. The number of hydrogen-bond donors (Lipinski definition) is 7. The Morgan fingerprint density at radius 3 is 1.28 bits per heavy atom. The van der Waals surface area contributed by atoms with Gasteiger partial charge in [0, 0.05) is 70.9 Å². The van der Waals surface area contributed by atoms with E-state index in [2.05, 4.69) is 60.0 Å². The van der Waals surface area contributed by atoms with Crippen LogP contribution in [0, 0.1) is 0 Å². The summed E-state index contributed by atoms with van der Waals surface area (Å²) in [6, 6.07) is 3.24. The van der Waals surface area contributed by atoms with E-state index in [4.69, 9.17) is 66.3 Å². The van der Waals surface area contributed by atoms with Crippen LogP contribution in [0.15, 0.2) is 40.2 Å². The van der Waals surface area contributed by atoms with E-state index in [0.717, 1.165) is 25.7 Å². The smallest absolute Gasteiger partial charge is 0.326 e. The lowest BCUT2D eigenvalue weighted by Gasteiger charge is -2.19. The van der Waals surface area contributed by atoms with Crippen LogP contribution >= 0.6 is 0 Å². The molecule has 1 unspecified atom stereocenters. The fourth-order valence-corrected chi connectivity index (χ4v) is 12.0. The average Bonchev–Trinajstić information content (AvgIpc) is 0.802. The second-order valence-electron chi connectivity index (χ2n) is 29.4. The number of benzene rings is 1. The maximum atomic E-state index is 13.0. The van der Waals surface area contributed by atoms with Crippen molar-refractivity contribution in [2.24, 2.45) is 4.99 Å². The van der Waals surface area contributed by atoms with Crippen LogP contribution in [0.25, 0.3) is 11.2 Å². The first-order valence-electron chi connectivity index (χ1n) is 44.1. The molecule has 0 spiro atoms. The second kappa shape index (κ2) is 76.3. The van der Waals surface area contributed by atoms with Gasteiger partial charge in [-0.3, -0.25) is 33.8 Å². The van der Waals surface area contributed by atoms with Gasteiger partial charge in [0.2, 0.25) is 30.1 Å². The van der Waals surface area contributed by atoms with Crippen LogP contribution in [0.2, 0.25) is 0 Å². The Morgan fingerprint density at radius 1 is 0.463 bits per heavy atom. The van der Waals surface area contributed by atoms with Crippen LogP contribution in [-0.2, 0) is 102 Å². The highest BCUT2D eigenvalue weighted by atomic mass is 16.6. The van der Waals surface area contributed by atoms with Gasteiger partial charge in [0.25, 0.3) is 11.5 Å². The molecule has 1 aromatic carbocycles. The minimum atomic E-state index is -1.36. The molecule has 3 rings (SSSR count). The van der Waals surface area contributed by atoms with Crippen LogP contribution in [0.1, 0.15) is 216 Å². The van der Waals surface area contributed by atoms with Crippen LogP contribution in [0.5, 0.6) is 0 Å². The summed E-state index contributed by atoms with van der Waals surface area (Å²) >= 11 is 0. The first-order chi connectivity index (χ1) is 59.1. The van der Waals surface area contributed by atoms with Gasteiger partial charge in [0.05, 0.1) is 196 Å². The van der Waals surface area contributed by atoms with Gasteiger partial charge >= 0.3 is 11.9 Å². The maximum Gasteiger partial charge on any atom is 0.326 e. The zero-order chi connectivity index (χ0) is 87.3. The monoisotopic (exact) mass is 1720 g/mol. The molecule has 0 bridgehead atoms. The van der Waals surface area contributed by atoms with Gasteiger partial charge in [-0.05, 0) is 49.9 Å². The highest BCUT2D eigenvalue weighted by Crippen LogP contribution is 2.19. The van der Waals surface area contributed by atoms with E-state index in [9.17, 15) is 48.6 Å². The molecule has 0 saturated heterocycles. The van der Waals surface area contributed by atoms with Crippen molar-refractivity contribution < 1.29 is 110 Å². The van der Waals surface area contributed by atoms with Crippen molar-refractivity contribution in [3.05, 3.63) is 52.1 Å². The van der Waals surface area contributed by atoms with Gasteiger partial charge < -0.3 is 108 Å². The Labute approximate surface area is 716 Å². The number of carboxylic acids is 2. The number of fused-ring (bicyclic) bond motifs is 1. The highest BCUT2D eigenvalue weighted by Gasteiger charge is 2.24. The summed E-state index contributed by atoms with van der Waals surface area (Å²) in [5.74, 6) is -4.39. The number of aliphatic imine (C=N–C) groups is 1. The lowest BCUT2D eigenvalue weighted by molar-refractivity contribution is -0.142. The molecule has 0 fully saturated rings. The van der Waals surface area contributed by atoms with E-state index in [-0.39, 0.29) is 119 Å². The molecule has 0 radical (unpaired) electrons. The molecule has 7 N–H and O–H groups in total. The molecule has 3 atom stereocenters. The maximum absolute atomic E-state index is 13.0. The number of amides is 5. The normalized spacial score (nSPS) is 12.3. The number of aromatic amines is 1. The fourth-order valence-electron chi connectivity index (χ4n) is 12.0. The number of carbonyl (C=O) groups is 7. The van der Waals surface area contributed by atoms with Crippen molar-refractivity contribution in [1.29, 1.82) is 0 Å². The molecule has 3 aromatic rings. The van der Waals surface area contributed by atoms with Crippen molar-refractivity contribution in [2.75, 3.05) is 210 Å². The summed E-state index contributed by atoms with van der Waals surface area (Å²) < 4.78 is 78.7. The van der Waals surface area contributed by atoms with E-state index >= 15 is 0 Å². The highest BCUT2D eigenvalue weighted by molar-refractivity contribution is 5.97. The summed E-state index contributed by atoms with van der Waals surface area (Å²) in [6.07, 6.45) is 33.0. The van der Waals surface area contributed by atoms with Gasteiger partial charge in [0.1, 0.15) is 12.1 Å². The van der Waals surface area contributed by atoms with Crippen molar-refractivity contribution in [3.8, 4) is 0 Å². The van der Waals surface area contributed by atoms with E-state index in [1.165, 1.54) is 170 Å². The quantitative estimate of drug-likeness (QED) is 0.0120. The number of nitrogens with one attached hydrogen (secondary N) is 5. The molecule has 5 amide bonds. The Hall–Kier alpha value is -7.36. The van der Waals surface area contributed by atoms with Gasteiger partial charge in [-0.2, -0.15) is 4.98 Å². The van der Waals surface area contributed by atoms with E-state index in [1.54, 1.807) is 19.0 Å². The zero-order valence-corrected chi connectivity index (χ0v) is 73.1. The number of anilines is 1. The first-order valence-corrected chi connectivity index (χ1v) is 44.1. The number of aliphatic carboxylic acids is 2. The van der Waals surface area contributed by atoms with E-state index in [1.807, 2.05) is 0 Å². The van der Waals surface area contributed by atoms with Gasteiger partial charge in [-0.1, -0.05) is 155 Å². The van der Waals surface area contributed by atoms with Gasteiger partial charge in [-0.15, -0.1) is 0 Å². The van der Waals surface area contributed by atoms with Crippen molar-refractivity contribution in [3.63, 3.8) is 0 Å². The number of hydrogen-bond acceptors (Lipinski definition) is 26. The molecule has 690 valence electrons. The van der Waals surface area contributed by atoms with Crippen molar-refractivity contribution in [1.82, 2.24) is 46.1 Å². The molecule has 0 aliphatic carbocycles. The largest absolute Gasteiger partial charge is 0.480 e. The Bertz CT molecular complexity index is 3200. The van der Waals surface area contributed by atoms with Crippen molar-refractivity contribution >= 4 is 71.1 Å². The van der Waals surface area contributed by atoms with E-state index in [0.29, 0.717) is 164 Å². The summed E-state index contributed by atoms with van der Waals surface area (Å²) in [7, 11) is 3.52. The number of nitrogens with zero attached hydrogens (tertiary/aromatic N) is 6. The Balaban J connectivity index is 1.04. The second-order valence-corrected chi connectivity index (χ2v) is 29.4. The fraction of sp³-hybridized carbons (Fsp3) is 0.767. The molecule has 2 heterocycles. The lowest BCUT2D eigenvalue weighted by atomic mass is 10.1. The predicted octanol–water partition coefficient (Wildman–Crippen LogP) is 9.04.